The lowest BCUT2D eigenvalue weighted by atomic mass is 9.99. The van der Waals surface area contributed by atoms with E-state index in [0.717, 1.165) is 25.9 Å². The standard InChI is InChI=1S/C10H14ClN3O/c1-7-2-4-14(5-3-7)10(15)9-8(11)6-12-13-9/h6-7H,2-5H2,1H3,(H,12,13). The minimum Gasteiger partial charge on any atom is -0.337 e. The van der Waals surface area contributed by atoms with Crippen molar-refractivity contribution in [3.8, 4) is 0 Å². The van der Waals surface area contributed by atoms with Crippen LogP contribution in [-0.2, 0) is 0 Å². The number of aromatic nitrogens is 2. The number of carbonyl (C=O) groups excluding carboxylic acids is 1. The van der Waals surface area contributed by atoms with Gasteiger partial charge in [-0.15, -0.1) is 0 Å². The molecule has 2 heterocycles. The van der Waals surface area contributed by atoms with E-state index >= 15 is 0 Å². The zero-order valence-corrected chi connectivity index (χ0v) is 9.42. The number of amides is 1. The third kappa shape index (κ3) is 2.15. The third-order valence-corrected chi connectivity index (χ3v) is 3.16. The molecule has 4 nitrogen and oxygen atoms in total. The molecule has 1 aromatic rings. The number of nitrogens with one attached hydrogen (secondary N) is 1. The fourth-order valence-electron chi connectivity index (χ4n) is 1.79. The minimum absolute atomic E-state index is 0.0376. The van der Waals surface area contributed by atoms with Gasteiger partial charge in [-0.05, 0) is 18.8 Å². The van der Waals surface area contributed by atoms with Crippen LogP contribution in [0.15, 0.2) is 6.20 Å². The summed E-state index contributed by atoms with van der Waals surface area (Å²) in [5, 5.41) is 6.79. The summed E-state index contributed by atoms with van der Waals surface area (Å²) in [4.78, 5) is 13.8. The predicted octanol–water partition coefficient (Wildman–Crippen LogP) is 1.94. The molecule has 1 amide bonds. The molecule has 82 valence electrons. The van der Waals surface area contributed by atoms with Gasteiger partial charge in [0.15, 0.2) is 0 Å². The summed E-state index contributed by atoms with van der Waals surface area (Å²) in [6, 6.07) is 0. The van der Waals surface area contributed by atoms with E-state index in [9.17, 15) is 4.79 Å². The van der Waals surface area contributed by atoms with E-state index in [-0.39, 0.29) is 5.91 Å². The third-order valence-electron chi connectivity index (χ3n) is 2.88. The van der Waals surface area contributed by atoms with Gasteiger partial charge in [-0.3, -0.25) is 9.89 Å². The van der Waals surface area contributed by atoms with Crippen molar-refractivity contribution in [3.05, 3.63) is 16.9 Å². The van der Waals surface area contributed by atoms with E-state index < -0.39 is 0 Å². The molecule has 5 heteroatoms. The van der Waals surface area contributed by atoms with Gasteiger partial charge in [-0.2, -0.15) is 5.10 Å². The monoisotopic (exact) mass is 227 g/mol. The lowest BCUT2D eigenvalue weighted by Crippen LogP contribution is -2.38. The van der Waals surface area contributed by atoms with E-state index in [1.54, 1.807) is 0 Å². The number of piperidine rings is 1. The molecule has 1 aliphatic rings. The van der Waals surface area contributed by atoms with Gasteiger partial charge < -0.3 is 4.90 Å². The van der Waals surface area contributed by atoms with Crippen molar-refractivity contribution in [3.63, 3.8) is 0 Å². The molecule has 15 heavy (non-hydrogen) atoms. The minimum atomic E-state index is -0.0376. The van der Waals surface area contributed by atoms with E-state index in [1.807, 2.05) is 4.90 Å². The maximum absolute atomic E-state index is 12.0. The molecule has 2 rings (SSSR count). The average molecular weight is 228 g/mol. The number of carbonyl (C=O) groups is 1. The summed E-state index contributed by atoms with van der Waals surface area (Å²) in [6.07, 6.45) is 3.59. The molecule has 0 aromatic carbocycles. The summed E-state index contributed by atoms with van der Waals surface area (Å²) in [5.74, 6) is 0.677. The molecule has 1 saturated heterocycles. The normalized spacial score (nSPS) is 18.1. The Kier molecular flexibility index (Phi) is 2.95. The van der Waals surface area contributed by atoms with Crippen molar-refractivity contribution < 1.29 is 4.79 Å². The highest BCUT2D eigenvalue weighted by atomic mass is 35.5. The second-order valence-corrected chi connectivity index (χ2v) is 4.47. The average Bonchev–Trinajstić information content (AvgIpc) is 2.65. The SMILES string of the molecule is CC1CCN(C(=O)c2[nH]ncc2Cl)CC1. The summed E-state index contributed by atoms with van der Waals surface area (Å²) in [5.41, 5.74) is 0.409. The molecule has 0 saturated carbocycles. The molecule has 1 aliphatic heterocycles. The van der Waals surface area contributed by atoms with Gasteiger partial charge in [0, 0.05) is 13.1 Å². The van der Waals surface area contributed by atoms with Crippen LogP contribution in [0, 0.1) is 5.92 Å². The lowest BCUT2D eigenvalue weighted by Gasteiger charge is -2.29. The van der Waals surface area contributed by atoms with Gasteiger partial charge in [0.2, 0.25) is 0 Å². The molecular formula is C10H14ClN3O. The Balaban J connectivity index is 2.06. The van der Waals surface area contributed by atoms with E-state index in [1.165, 1.54) is 6.20 Å². The molecule has 0 atom stereocenters. The highest BCUT2D eigenvalue weighted by Crippen LogP contribution is 2.20. The number of hydrogen-bond acceptors (Lipinski definition) is 2. The number of likely N-dealkylation sites (tertiary alicyclic amines) is 1. The molecule has 0 spiro atoms. The van der Waals surface area contributed by atoms with Crippen molar-refractivity contribution in [1.29, 1.82) is 0 Å². The van der Waals surface area contributed by atoms with E-state index in [2.05, 4.69) is 17.1 Å². The Bertz CT molecular complexity index is 355. The summed E-state index contributed by atoms with van der Waals surface area (Å²) in [7, 11) is 0. The Morgan fingerprint density at radius 3 is 2.80 bits per heavy atom. The number of H-pyrrole nitrogens is 1. The summed E-state index contributed by atoms with van der Waals surface area (Å²) < 4.78 is 0. The smallest absolute Gasteiger partial charge is 0.273 e. The topological polar surface area (TPSA) is 49.0 Å². The summed E-state index contributed by atoms with van der Waals surface area (Å²) in [6.45, 7) is 3.84. The first kappa shape index (κ1) is 10.5. The van der Waals surface area contributed by atoms with Crippen LogP contribution >= 0.6 is 11.6 Å². The maximum Gasteiger partial charge on any atom is 0.273 e. The van der Waals surface area contributed by atoms with Gasteiger partial charge >= 0.3 is 0 Å². The van der Waals surface area contributed by atoms with Crippen LogP contribution in [0.25, 0.3) is 0 Å². The maximum atomic E-state index is 12.0. The van der Waals surface area contributed by atoms with Crippen LogP contribution in [0.5, 0.6) is 0 Å². The number of hydrogen-bond donors (Lipinski definition) is 1. The zero-order valence-electron chi connectivity index (χ0n) is 8.66. The largest absolute Gasteiger partial charge is 0.337 e. The molecule has 0 unspecified atom stereocenters. The van der Waals surface area contributed by atoms with Gasteiger partial charge in [-0.25, -0.2) is 0 Å². The molecule has 0 bridgehead atoms. The Labute approximate surface area is 93.6 Å². The van der Waals surface area contributed by atoms with Crippen molar-refractivity contribution >= 4 is 17.5 Å². The van der Waals surface area contributed by atoms with Crippen LogP contribution in [0.3, 0.4) is 0 Å². The molecule has 1 aromatic heterocycles. The van der Waals surface area contributed by atoms with Crippen molar-refractivity contribution in [2.45, 2.75) is 19.8 Å². The number of halogens is 1. The molecule has 1 N–H and O–H groups in total. The van der Waals surface area contributed by atoms with Gasteiger partial charge in [0.05, 0.1) is 11.2 Å². The first-order valence-electron chi connectivity index (χ1n) is 5.16. The van der Waals surface area contributed by atoms with Crippen LogP contribution in [-0.4, -0.2) is 34.1 Å². The van der Waals surface area contributed by atoms with E-state index in [0.29, 0.717) is 16.6 Å². The lowest BCUT2D eigenvalue weighted by molar-refractivity contribution is 0.0691. The number of nitrogens with zero attached hydrogens (tertiary/aromatic N) is 2. The predicted molar refractivity (Wildman–Crippen MR) is 57.9 cm³/mol. The Hall–Kier alpha value is -1.03. The Morgan fingerprint density at radius 2 is 2.27 bits per heavy atom. The van der Waals surface area contributed by atoms with Gasteiger partial charge in [-0.1, -0.05) is 18.5 Å². The fourth-order valence-corrected chi connectivity index (χ4v) is 1.96. The quantitative estimate of drug-likeness (QED) is 0.797. The first-order chi connectivity index (χ1) is 7.18. The van der Waals surface area contributed by atoms with Crippen LogP contribution in [0.4, 0.5) is 0 Å². The van der Waals surface area contributed by atoms with Crippen molar-refractivity contribution in [1.82, 2.24) is 15.1 Å². The highest BCUT2D eigenvalue weighted by molar-refractivity contribution is 6.33. The van der Waals surface area contributed by atoms with E-state index in [4.69, 9.17) is 11.6 Å². The molecule has 0 aliphatic carbocycles. The Morgan fingerprint density at radius 1 is 1.60 bits per heavy atom. The van der Waals surface area contributed by atoms with Crippen molar-refractivity contribution in [2.24, 2.45) is 5.92 Å². The zero-order chi connectivity index (χ0) is 10.8. The second-order valence-electron chi connectivity index (χ2n) is 4.07. The number of rotatable bonds is 1. The van der Waals surface area contributed by atoms with Gasteiger partial charge in [0.1, 0.15) is 5.69 Å². The van der Waals surface area contributed by atoms with Gasteiger partial charge in [0.25, 0.3) is 5.91 Å². The van der Waals surface area contributed by atoms with Crippen LogP contribution in [0.1, 0.15) is 30.3 Å². The molecule has 0 radical (unpaired) electrons. The second kappa shape index (κ2) is 4.23. The van der Waals surface area contributed by atoms with Crippen LogP contribution < -0.4 is 0 Å². The molecule has 1 fully saturated rings. The number of aromatic amines is 1. The van der Waals surface area contributed by atoms with Crippen LogP contribution in [0.2, 0.25) is 5.02 Å². The fraction of sp³-hybridized carbons (Fsp3) is 0.600. The van der Waals surface area contributed by atoms with Crippen molar-refractivity contribution in [2.75, 3.05) is 13.1 Å². The highest BCUT2D eigenvalue weighted by Gasteiger charge is 2.23. The first-order valence-corrected chi connectivity index (χ1v) is 5.54. The molecular weight excluding hydrogens is 214 g/mol. The summed E-state index contributed by atoms with van der Waals surface area (Å²) >= 11 is 5.84.